The minimum Gasteiger partial charge on any atom is -0.327 e. The van der Waals surface area contributed by atoms with Crippen molar-refractivity contribution >= 4 is 34.6 Å². The second kappa shape index (κ2) is 10.7. The lowest BCUT2D eigenvalue weighted by Gasteiger charge is -2.40. The number of ketones is 1. The number of nitrogens with zero attached hydrogens (tertiary/aromatic N) is 5. The monoisotopic (exact) mass is 556 g/mol. The first kappa shape index (κ1) is 27.6. The third kappa shape index (κ3) is 5.26. The van der Waals surface area contributed by atoms with E-state index in [-0.39, 0.29) is 18.1 Å². The molecule has 2 aromatic heterocycles. The van der Waals surface area contributed by atoms with Gasteiger partial charge < -0.3 is 15.1 Å². The summed E-state index contributed by atoms with van der Waals surface area (Å²) in [6.45, 7) is 4.87. The van der Waals surface area contributed by atoms with Crippen molar-refractivity contribution in [2.24, 2.45) is 7.05 Å². The fourth-order valence-corrected chi connectivity index (χ4v) is 5.01. The number of hydrogen-bond acceptors (Lipinski definition) is 10. The molecule has 2 aromatic rings. The highest BCUT2D eigenvalue weighted by Gasteiger charge is 2.50. The van der Waals surface area contributed by atoms with Gasteiger partial charge in [-0.3, -0.25) is 23.6 Å². The molecule has 2 aliphatic rings. The van der Waals surface area contributed by atoms with E-state index in [4.69, 9.17) is 4.84 Å². The van der Waals surface area contributed by atoms with Crippen LogP contribution in [0.5, 0.6) is 0 Å². The molecule has 1 N–H and O–H groups in total. The number of anilines is 2. The number of piperazine rings is 1. The van der Waals surface area contributed by atoms with Gasteiger partial charge >= 0.3 is 17.8 Å². The summed E-state index contributed by atoms with van der Waals surface area (Å²) < 4.78 is 41.5. The molecule has 1 atom stereocenters. The second-order valence-electron chi connectivity index (χ2n) is 9.11. The Balaban J connectivity index is 1.90. The Bertz CT molecular complexity index is 1360. The zero-order valence-electron chi connectivity index (χ0n) is 20.9. The van der Waals surface area contributed by atoms with E-state index in [0.717, 1.165) is 14.7 Å². The summed E-state index contributed by atoms with van der Waals surface area (Å²) in [4.78, 5) is 59.9. The van der Waals surface area contributed by atoms with Crippen LogP contribution in [0.1, 0.15) is 24.2 Å². The standard InChI is InChI=1S/C23H27F3N6O5S/c1-14(2)4-8-30-17-18(28(3)22(36)31(19(17)34)12-16(33)15-5-11-38-13-15)32(37-20(35)23(24,25)26)21(30)29-9-6-27-7-10-29/h4-5,11,13,21,27H,6-10,12H2,1-3H3. The number of alkyl halides is 3. The molecule has 206 valence electrons. The first-order chi connectivity index (χ1) is 17.9. The quantitative estimate of drug-likeness (QED) is 0.399. The molecule has 0 aliphatic carbocycles. The van der Waals surface area contributed by atoms with Crippen LogP contribution in [0.2, 0.25) is 0 Å². The van der Waals surface area contributed by atoms with Gasteiger partial charge in [0.25, 0.3) is 5.56 Å². The summed E-state index contributed by atoms with van der Waals surface area (Å²) in [6.07, 6.45) is -4.70. The average molecular weight is 557 g/mol. The third-order valence-corrected chi connectivity index (χ3v) is 6.89. The van der Waals surface area contributed by atoms with Crippen molar-refractivity contribution in [1.82, 2.24) is 19.4 Å². The molecule has 38 heavy (non-hydrogen) atoms. The zero-order valence-corrected chi connectivity index (χ0v) is 21.8. The summed E-state index contributed by atoms with van der Waals surface area (Å²) in [7, 11) is 1.25. The molecule has 0 amide bonds. The first-order valence-electron chi connectivity index (χ1n) is 11.7. The van der Waals surface area contributed by atoms with Crippen molar-refractivity contribution < 1.29 is 27.6 Å². The number of halogens is 3. The maximum atomic E-state index is 13.8. The van der Waals surface area contributed by atoms with Crippen LogP contribution in [0.3, 0.4) is 0 Å². The number of carbonyl (C=O) groups excluding carboxylic acids is 2. The highest BCUT2D eigenvalue weighted by molar-refractivity contribution is 7.08. The lowest BCUT2D eigenvalue weighted by atomic mass is 10.2. The Morgan fingerprint density at radius 2 is 1.89 bits per heavy atom. The third-order valence-electron chi connectivity index (χ3n) is 6.21. The maximum absolute atomic E-state index is 13.8. The number of carbonyl (C=O) groups is 2. The van der Waals surface area contributed by atoms with Gasteiger partial charge in [-0.25, -0.2) is 9.59 Å². The van der Waals surface area contributed by atoms with E-state index < -0.39 is 42.0 Å². The molecule has 1 unspecified atom stereocenters. The summed E-state index contributed by atoms with van der Waals surface area (Å²) in [5.41, 5.74) is -0.770. The van der Waals surface area contributed by atoms with E-state index in [0.29, 0.717) is 36.8 Å². The van der Waals surface area contributed by atoms with Gasteiger partial charge in [0.2, 0.25) is 0 Å². The number of aromatic nitrogens is 2. The number of fused-ring (bicyclic) bond motifs is 1. The molecular weight excluding hydrogens is 529 g/mol. The van der Waals surface area contributed by atoms with Crippen LogP contribution in [0, 0.1) is 0 Å². The summed E-state index contributed by atoms with van der Waals surface area (Å²) >= 11 is 1.28. The molecule has 2 aliphatic heterocycles. The van der Waals surface area contributed by atoms with Gasteiger partial charge in [0.1, 0.15) is 0 Å². The number of thiophene rings is 1. The topological polar surface area (TPSA) is 109 Å². The average Bonchev–Trinajstić information content (AvgIpc) is 3.51. The Kier molecular flexibility index (Phi) is 7.80. The van der Waals surface area contributed by atoms with Crippen LogP contribution in [0.25, 0.3) is 0 Å². The fourth-order valence-electron chi connectivity index (χ4n) is 4.35. The van der Waals surface area contributed by atoms with Gasteiger partial charge in [-0.2, -0.15) is 24.5 Å². The smallest absolute Gasteiger partial charge is 0.327 e. The van der Waals surface area contributed by atoms with Crippen LogP contribution in [0.4, 0.5) is 24.7 Å². The molecule has 1 saturated heterocycles. The fraction of sp³-hybridized carbons (Fsp3) is 0.478. The lowest BCUT2D eigenvalue weighted by molar-refractivity contribution is -0.203. The van der Waals surface area contributed by atoms with Gasteiger partial charge in [-0.1, -0.05) is 11.6 Å². The molecule has 4 rings (SSSR count). The summed E-state index contributed by atoms with van der Waals surface area (Å²) in [6, 6.07) is 1.57. The molecule has 1 fully saturated rings. The molecule has 4 heterocycles. The van der Waals surface area contributed by atoms with Crippen molar-refractivity contribution in [1.29, 1.82) is 0 Å². The van der Waals surface area contributed by atoms with Gasteiger partial charge in [-0.15, -0.1) is 5.06 Å². The number of allylic oxidation sites excluding steroid dienone is 1. The number of hydrogen-bond donors (Lipinski definition) is 1. The van der Waals surface area contributed by atoms with Crippen molar-refractivity contribution in [2.75, 3.05) is 42.7 Å². The largest absolute Gasteiger partial charge is 0.493 e. The van der Waals surface area contributed by atoms with Crippen LogP contribution < -0.4 is 26.5 Å². The Labute approximate surface area is 219 Å². The number of Topliss-reactive ketones (excluding diaryl/α,β-unsaturated/α-hetero) is 1. The molecular formula is C23H27F3N6O5S. The molecule has 15 heteroatoms. The lowest BCUT2D eigenvalue weighted by Crippen LogP contribution is -2.61. The van der Waals surface area contributed by atoms with Gasteiger partial charge in [-0.05, 0) is 25.3 Å². The highest BCUT2D eigenvalue weighted by atomic mass is 32.1. The van der Waals surface area contributed by atoms with E-state index in [9.17, 15) is 32.3 Å². The van der Waals surface area contributed by atoms with E-state index in [1.807, 2.05) is 13.8 Å². The van der Waals surface area contributed by atoms with Gasteiger partial charge in [0.05, 0.1) is 6.54 Å². The molecule has 0 saturated carbocycles. The Morgan fingerprint density at radius 3 is 2.47 bits per heavy atom. The van der Waals surface area contributed by atoms with Crippen LogP contribution in [-0.4, -0.2) is 71.0 Å². The number of hydroxylamine groups is 1. The maximum Gasteiger partial charge on any atom is 0.493 e. The van der Waals surface area contributed by atoms with Crippen molar-refractivity contribution in [3.8, 4) is 0 Å². The summed E-state index contributed by atoms with van der Waals surface area (Å²) in [5.74, 6) is -3.27. The van der Waals surface area contributed by atoms with Crippen molar-refractivity contribution in [2.45, 2.75) is 32.9 Å². The van der Waals surface area contributed by atoms with Crippen molar-refractivity contribution in [3.05, 3.63) is 54.9 Å². The van der Waals surface area contributed by atoms with Gasteiger partial charge in [0, 0.05) is 50.7 Å². The van der Waals surface area contributed by atoms with E-state index in [1.54, 1.807) is 27.8 Å². The Hall–Kier alpha value is -3.43. The Morgan fingerprint density at radius 1 is 1.21 bits per heavy atom. The van der Waals surface area contributed by atoms with Crippen LogP contribution in [-0.2, 0) is 23.2 Å². The molecule has 11 nitrogen and oxygen atoms in total. The predicted molar refractivity (Wildman–Crippen MR) is 134 cm³/mol. The SMILES string of the molecule is CC(C)=CCN1c2c(n(C)c(=O)n(CC(=O)c3ccsc3)c2=O)N(OC(=O)C(F)(F)F)C1N1CCNCC1. The zero-order chi connectivity index (χ0) is 27.8. The molecule has 0 aromatic carbocycles. The number of nitrogens with one attached hydrogen (secondary N) is 1. The minimum absolute atomic E-state index is 0.0654. The van der Waals surface area contributed by atoms with E-state index >= 15 is 0 Å². The van der Waals surface area contributed by atoms with E-state index in [1.165, 1.54) is 23.3 Å². The van der Waals surface area contributed by atoms with E-state index in [2.05, 4.69) is 5.32 Å². The normalized spacial score (nSPS) is 17.9. The van der Waals surface area contributed by atoms with Gasteiger partial charge in [0.15, 0.2) is 23.6 Å². The first-order valence-corrected chi connectivity index (χ1v) is 12.7. The molecule has 0 bridgehead atoms. The molecule has 0 radical (unpaired) electrons. The highest BCUT2D eigenvalue weighted by Crippen LogP contribution is 2.38. The predicted octanol–water partition coefficient (Wildman–Crippen LogP) is 1.29. The van der Waals surface area contributed by atoms with Crippen molar-refractivity contribution in [3.63, 3.8) is 0 Å². The number of rotatable bonds is 7. The summed E-state index contributed by atoms with van der Waals surface area (Å²) in [5, 5.41) is 7.10. The van der Waals surface area contributed by atoms with Crippen LogP contribution in [0.15, 0.2) is 38.1 Å². The van der Waals surface area contributed by atoms with Crippen LogP contribution >= 0.6 is 11.3 Å². The molecule has 0 spiro atoms. The minimum atomic E-state index is -5.32. The second-order valence-corrected chi connectivity index (χ2v) is 9.89.